The molecule has 2 atom stereocenters. The Balaban J connectivity index is 1.91. The van der Waals surface area contributed by atoms with Gasteiger partial charge in [0, 0.05) is 17.6 Å². The first-order valence-electron chi connectivity index (χ1n) is 6.80. The summed E-state index contributed by atoms with van der Waals surface area (Å²) in [5.74, 6) is 0. The lowest BCUT2D eigenvalue weighted by atomic mass is 10.1. The van der Waals surface area contributed by atoms with Gasteiger partial charge in [-0.15, -0.1) is 0 Å². The van der Waals surface area contributed by atoms with E-state index in [9.17, 15) is 5.11 Å². The molecule has 0 heterocycles. The van der Waals surface area contributed by atoms with Crippen molar-refractivity contribution in [3.05, 3.63) is 70.2 Å². The van der Waals surface area contributed by atoms with E-state index in [1.165, 1.54) is 11.1 Å². The lowest BCUT2D eigenvalue weighted by Gasteiger charge is -2.18. The fourth-order valence-electron chi connectivity index (χ4n) is 2.06. The molecule has 20 heavy (non-hydrogen) atoms. The van der Waals surface area contributed by atoms with Crippen LogP contribution in [0.4, 0.5) is 0 Å². The standard InChI is InChI=1S/C17H20ClNO/c1-12-3-5-14(6-4-12)13(2)19-11-17(20)15-7-9-16(18)10-8-15/h3-10,13,17,19-20H,11H2,1-2H3. The molecule has 2 N–H and O–H groups in total. The van der Waals surface area contributed by atoms with Gasteiger partial charge in [-0.3, -0.25) is 0 Å². The summed E-state index contributed by atoms with van der Waals surface area (Å²) in [6, 6.07) is 15.9. The summed E-state index contributed by atoms with van der Waals surface area (Å²) < 4.78 is 0. The minimum atomic E-state index is -0.528. The van der Waals surface area contributed by atoms with Gasteiger partial charge < -0.3 is 10.4 Å². The minimum absolute atomic E-state index is 0.206. The van der Waals surface area contributed by atoms with E-state index in [0.717, 1.165) is 5.56 Å². The van der Waals surface area contributed by atoms with Crippen molar-refractivity contribution in [2.75, 3.05) is 6.54 Å². The first-order chi connectivity index (χ1) is 9.56. The molecular weight excluding hydrogens is 270 g/mol. The third-order valence-electron chi connectivity index (χ3n) is 3.45. The molecule has 3 heteroatoms. The molecule has 2 unspecified atom stereocenters. The number of hydrogen-bond donors (Lipinski definition) is 2. The van der Waals surface area contributed by atoms with Gasteiger partial charge >= 0.3 is 0 Å². The van der Waals surface area contributed by atoms with Crippen LogP contribution in [-0.2, 0) is 0 Å². The molecular formula is C17H20ClNO. The number of halogens is 1. The van der Waals surface area contributed by atoms with Crippen molar-refractivity contribution >= 4 is 11.6 Å². The van der Waals surface area contributed by atoms with Gasteiger partial charge in [-0.2, -0.15) is 0 Å². The number of nitrogens with one attached hydrogen (secondary N) is 1. The average molecular weight is 290 g/mol. The summed E-state index contributed by atoms with van der Waals surface area (Å²) in [5, 5.41) is 14.2. The third kappa shape index (κ3) is 4.07. The molecule has 0 aliphatic rings. The van der Waals surface area contributed by atoms with Crippen LogP contribution in [-0.4, -0.2) is 11.7 Å². The number of rotatable bonds is 5. The number of aliphatic hydroxyl groups is 1. The summed E-state index contributed by atoms with van der Waals surface area (Å²) in [6.07, 6.45) is -0.528. The van der Waals surface area contributed by atoms with Crippen LogP contribution in [0.1, 0.15) is 35.8 Å². The number of aryl methyl sites for hydroxylation is 1. The van der Waals surface area contributed by atoms with Gasteiger partial charge in [0.1, 0.15) is 0 Å². The van der Waals surface area contributed by atoms with E-state index in [-0.39, 0.29) is 6.04 Å². The second-order valence-corrected chi connectivity index (χ2v) is 5.54. The van der Waals surface area contributed by atoms with E-state index >= 15 is 0 Å². The second kappa shape index (κ2) is 6.89. The molecule has 0 fully saturated rings. The summed E-state index contributed by atoms with van der Waals surface area (Å²) in [7, 11) is 0. The molecule has 2 nitrogen and oxygen atoms in total. The van der Waals surface area contributed by atoms with E-state index in [4.69, 9.17) is 11.6 Å². The van der Waals surface area contributed by atoms with Crippen LogP contribution in [0, 0.1) is 6.92 Å². The third-order valence-corrected chi connectivity index (χ3v) is 3.70. The monoisotopic (exact) mass is 289 g/mol. The lowest BCUT2D eigenvalue weighted by Crippen LogP contribution is -2.24. The predicted molar refractivity (Wildman–Crippen MR) is 84.0 cm³/mol. The van der Waals surface area contributed by atoms with Gasteiger partial charge in [0.2, 0.25) is 0 Å². The van der Waals surface area contributed by atoms with Gasteiger partial charge in [0.25, 0.3) is 0 Å². The Morgan fingerprint density at radius 2 is 1.55 bits per heavy atom. The lowest BCUT2D eigenvalue weighted by molar-refractivity contribution is 0.171. The van der Waals surface area contributed by atoms with Gasteiger partial charge in [-0.1, -0.05) is 53.6 Å². The highest BCUT2D eigenvalue weighted by Crippen LogP contribution is 2.18. The highest BCUT2D eigenvalue weighted by molar-refractivity contribution is 6.30. The van der Waals surface area contributed by atoms with Gasteiger partial charge in [-0.05, 0) is 37.1 Å². The highest BCUT2D eigenvalue weighted by Gasteiger charge is 2.10. The van der Waals surface area contributed by atoms with Crippen molar-refractivity contribution in [3.8, 4) is 0 Å². The maximum atomic E-state index is 10.1. The molecule has 0 saturated carbocycles. The number of benzene rings is 2. The molecule has 106 valence electrons. The van der Waals surface area contributed by atoms with Crippen molar-refractivity contribution in [2.24, 2.45) is 0 Å². The normalized spacial score (nSPS) is 14.0. The first-order valence-corrected chi connectivity index (χ1v) is 7.17. The Morgan fingerprint density at radius 3 is 2.15 bits per heavy atom. The van der Waals surface area contributed by atoms with Gasteiger partial charge in [-0.25, -0.2) is 0 Å². The molecule has 2 aromatic carbocycles. The smallest absolute Gasteiger partial charge is 0.0914 e. The largest absolute Gasteiger partial charge is 0.387 e. The molecule has 0 aromatic heterocycles. The van der Waals surface area contributed by atoms with Crippen LogP contribution in [0.2, 0.25) is 5.02 Å². The van der Waals surface area contributed by atoms with E-state index in [1.54, 1.807) is 12.1 Å². The molecule has 0 spiro atoms. The molecule has 0 amide bonds. The summed E-state index contributed by atoms with van der Waals surface area (Å²) in [4.78, 5) is 0. The van der Waals surface area contributed by atoms with Gasteiger partial charge in [0.15, 0.2) is 0 Å². The Kier molecular flexibility index (Phi) is 5.18. The van der Waals surface area contributed by atoms with Crippen molar-refractivity contribution in [1.29, 1.82) is 0 Å². The molecule has 0 aliphatic heterocycles. The average Bonchev–Trinajstić information content (AvgIpc) is 2.46. The van der Waals surface area contributed by atoms with Crippen LogP contribution in [0.15, 0.2) is 48.5 Å². The summed E-state index contributed by atoms with van der Waals surface area (Å²) in [6.45, 7) is 4.68. The van der Waals surface area contributed by atoms with E-state index in [0.29, 0.717) is 11.6 Å². The van der Waals surface area contributed by atoms with E-state index in [1.807, 2.05) is 12.1 Å². The fraction of sp³-hybridized carbons (Fsp3) is 0.294. The van der Waals surface area contributed by atoms with Crippen molar-refractivity contribution in [3.63, 3.8) is 0 Å². The van der Waals surface area contributed by atoms with Crippen molar-refractivity contribution in [2.45, 2.75) is 26.0 Å². The molecule has 0 saturated heterocycles. The zero-order valence-corrected chi connectivity index (χ0v) is 12.6. The maximum Gasteiger partial charge on any atom is 0.0914 e. The quantitative estimate of drug-likeness (QED) is 0.871. The molecule has 0 bridgehead atoms. The number of aliphatic hydroxyl groups excluding tert-OH is 1. The first kappa shape index (κ1) is 15.0. The van der Waals surface area contributed by atoms with Crippen LogP contribution < -0.4 is 5.32 Å². The maximum absolute atomic E-state index is 10.1. The zero-order chi connectivity index (χ0) is 14.5. The van der Waals surface area contributed by atoms with Crippen molar-refractivity contribution in [1.82, 2.24) is 5.32 Å². The summed E-state index contributed by atoms with van der Waals surface area (Å²) in [5.41, 5.74) is 3.35. The molecule has 2 aromatic rings. The topological polar surface area (TPSA) is 32.3 Å². The van der Waals surface area contributed by atoms with Crippen LogP contribution in [0.5, 0.6) is 0 Å². The van der Waals surface area contributed by atoms with E-state index in [2.05, 4.69) is 43.4 Å². The highest BCUT2D eigenvalue weighted by atomic mass is 35.5. The number of hydrogen-bond acceptors (Lipinski definition) is 2. The Bertz CT molecular complexity index is 484. The predicted octanol–water partition coefficient (Wildman–Crippen LogP) is 4.03. The van der Waals surface area contributed by atoms with Crippen molar-refractivity contribution < 1.29 is 5.11 Å². The Labute approximate surface area is 125 Å². The second-order valence-electron chi connectivity index (χ2n) is 5.11. The SMILES string of the molecule is Cc1ccc(C(C)NCC(O)c2ccc(Cl)cc2)cc1. The van der Waals surface area contributed by atoms with Crippen LogP contribution >= 0.6 is 11.6 Å². The molecule has 0 radical (unpaired) electrons. The Hall–Kier alpha value is -1.35. The minimum Gasteiger partial charge on any atom is -0.387 e. The molecule has 2 rings (SSSR count). The zero-order valence-electron chi connectivity index (χ0n) is 11.8. The summed E-state index contributed by atoms with van der Waals surface area (Å²) >= 11 is 5.84. The van der Waals surface area contributed by atoms with E-state index < -0.39 is 6.10 Å². The van der Waals surface area contributed by atoms with Crippen LogP contribution in [0.3, 0.4) is 0 Å². The Morgan fingerprint density at radius 1 is 1.00 bits per heavy atom. The van der Waals surface area contributed by atoms with Crippen LogP contribution in [0.25, 0.3) is 0 Å². The fourth-order valence-corrected chi connectivity index (χ4v) is 2.19. The molecule has 0 aliphatic carbocycles. The van der Waals surface area contributed by atoms with Gasteiger partial charge in [0.05, 0.1) is 6.10 Å².